The van der Waals surface area contributed by atoms with Crippen LogP contribution in [0, 0.1) is 11.6 Å². The summed E-state index contributed by atoms with van der Waals surface area (Å²) >= 11 is 5.72. The molecule has 0 fully saturated rings. The fraction of sp³-hybridized carbons (Fsp3) is 0.200. The monoisotopic (exact) mass is 281 g/mol. The lowest BCUT2D eigenvalue weighted by molar-refractivity contribution is 0.621. The highest BCUT2D eigenvalue weighted by atomic mass is 35.5. The Kier molecular flexibility index (Phi) is 4.51. The van der Waals surface area contributed by atoms with Gasteiger partial charge < -0.3 is 5.73 Å². The van der Waals surface area contributed by atoms with Crippen molar-refractivity contribution >= 4 is 11.6 Å². The zero-order chi connectivity index (χ0) is 13.8. The molecule has 2 N–H and O–H groups in total. The van der Waals surface area contributed by atoms with Crippen molar-refractivity contribution in [2.24, 2.45) is 5.73 Å². The number of rotatable bonds is 4. The zero-order valence-electron chi connectivity index (χ0n) is 10.2. The van der Waals surface area contributed by atoms with E-state index in [4.69, 9.17) is 17.3 Å². The molecular weight excluding hydrogens is 268 g/mol. The average molecular weight is 282 g/mol. The van der Waals surface area contributed by atoms with Crippen LogP contribution in [0.3, 0.4) is 0 Å². The molecule has 0 spiro atoms. The van der Waals surface area contributed by atoms with Crippen LogP contribution in [0.4, 0.5) is 8.78 Å². The van der Waals surface area contributed by atoms with Gasteiger partial charge in [-0.05, 0) is 48.2 Å². The molecule has 0 bridgehead atoms. The fourth-order valence-corrected chi connectivity index (χ4v) is 2.17. The smallest absolute Gasteiger partial charge is 0.141 e. The molecule has 0 amide bonds. The summed E-state index contributed by atoms with van der Waals surface area (Å²) < 4.78 is 25.8. The highest BCUT2D eigenvalue weighted by Gasteiger charge is 2.08. The van der Waals surface area contributed by atoms with Crippen molar-refractivity contribution in [1.82, 2.24) is 0 Å². The van der Waals surface area contributed by atoms with Crippen LogP contribution in [0.2, 0.25) is 5.02 Å². The molecule has 0 aliphatic heterocycles. The molecule has 100 valence electrons. The van der Waals surface area contributed by atoms with Crippen LogP contribution in [0.25, 0.3) is 0 Å². The van der Waals surface area contributed by atoms with E-state index in [2.05, 4.69) is 0 Å². The second kappa shape index (κ2) is 6.13. The maximum absolute atomic E-state index is 13.0. The Morgan fingerprint density at radius 1 is 0.947 bits per heavy atom. The first-order chi connectivity index (χ1) is 9.04. The molecule has 0 aliphatic carbocycles. The van der Waals surface area contributed by atoms with Gasteiger partial charge in [0.2, 0.25) is 0 Å². The molecular formula is C15H14ClF2N. The third-order valence-corrected chi connectivity index (χ3v) is 3.18. The van der Waals surface area contributed by atoms with E-state index in [-0.39, 0.29) is 16.9 Å². The van der Waals surface area contributed by atoms with Crippen molar-refractivity contribution in [3.05, 3.63) is 70.2 Å². The Bertz CT molecular complexity index is 555. The highest BCUT2D eigenvalue weighted by molar-refractivity contribution is 6.30. The van der Waals surface area contributed by atoms with Crippen LogP contribution in [0.1, 0.15) is 11.1 Å². The van der Waals surface area contributed by atoms with Gasteiger partial charge in [-0.2, -0.15) is 0 Å². The molecule has 0 heterocycles. The van der Waals surface area contributed by atoms with Gasteiger partial charge in [0.15, 0.2) is 0 Å². The third-order valence-electron chi connectivity index (χ3n) is 2.89. The van der Waals surface area contributed by atoms with Gasteiger partial charge in [-0.15, -0.1) is 0 Å². The van der Waals surface area contributed by atoms with Crippen molar-refractivity contribution in [3.8, 4) is 0 Å². The molecule has 0 saturated heterocycles. The Balaban J connectivity index is 1.98. The van der Waals surface area contributed by atoms with Crippen LogP contribution in [0.15, 0.2) is 42.5 Å². The summed E-state index contributed by atoms with van der Waals surface area (Å²) in [6.07, 6.45) is 1.23. The Morgan fingerprint density at radius 3 is 2.16 bits per heavy atom. The van der Waals surface area contributed by atoms with Crippen LogP contribution in [0.5, 0.6) is 0 Å². The second-order valence-electron chi connectivity index (χ2n) is 4.54. The topological polar surface area (TPSA) is 26.0 Å². The number of nitrogens with two attached hydrogens (primary N) is 1. The van der Waals surface area contributed by atoms with Crippen LogP contribution in [-0.4, -0.2) is 6.04 Å². The van der Waals surface area contributed by atoms with E-state index in [0.29, 0.717) is 12.8 Å². The predicted molar refractivity (Wildman–Crippen MR) is 73.2 cm³/mol. The molecule has 1 atom stereocenters. The molecule has 0 saturated carbocycles. The maximum Gasteiger partial charge on any atom is 0.141 e. The van der Waals surface area contributed by atoms with Crippen LogP contribution < -0.4 is 5.73 Å². The van der Waals surface area contributed by atoms with Gasteiger partial charge in [0, 0.05) is 6.04 Å². The minimum atomic E-state index is -0.433. The minimum absolute atomic E-state index is 0.103. The first-order valence-electron chi connectivity index (χ1n) is 5.98. The van der Waals surface area contributed by atoms with Gasteiger partial charge in [0.05, 0.1) is 5.02 Å². The highest BCUT2D eigenvalue weighted by Crippen LogP contribution is 2.17. The van der Waals surface area contributed by atoms with E-state index in [9.17, 15) is 8.78 Å². The third kappa shape index (κ3) is 4.01. The quantitative estimate of drug-likeness (QED) is 0.908. The summed E-state index contributed by atoms with van der Waals surface area (Å²) in [5, 5.41) is 0.103. The molecule has 0 aliphatic rings. The van der Waals surface area contributed by atoms with Gasteiger partial charge in [-0.1, -0.05) is 29.8 Å². The minimum Gasteiger partial charge on any atom is -0.327 e. The molecule has 0 radical (unpaired) electrons. The Labute approximate surface area is 116 Å². The standard InChI is InChI=1S/C15H14ClF2N/c16-14-9-11(3-6-15(14)18)8-13(19)7-10-1-4-12(17)5-2-10/h1-6,9,13H,7-8,19H2. The summed E-state index contributed by atoms with van der Waals surface area (Å²) in [6, 6.07) is 10.7. The van der Waals surface area contributed by atoms with Gasteiger partial charge in [-0.25, -0.2) is 8.78 Å². The SMILES string of the molecule is NC(Cc1ccc(F)cc1)Cc1ccc(F)c(Cl)c1. The largest absolute Gasteiger partial charge is 0.327 e. The van der Waals surface area contributed by atoms with E-state index in [1.165, 1.54) is 18.2 Å². The van der Waals surface area contributed by atoms with Crippen LogP contribution >= 0.6 is 11.6 Å². The lowest BCUT2D eigenvalue weighted by atomic mass is 10.00. The summed E-state index contributed by atoms with van der Waals surface area (Å²) in [4.78, 5) is 0. The van der Waals surface area contributed by atoms with Crippen molar-refractivity contribution in [2.75, 3.05) is 0 Å². The molecule has 1 nitrogen and oxygen atoms in total. The lowest BCUT2D eigenvalue weighted by Crippen LogP contribution is -2.25. The van der Waals surface area contributed by atoms with Crippen LogP contribution in [-0.2, 0) is 12.8 Å². The summed E-state index contributed by atoms with van der Waals surface area (Å²) in [7, 11) is 0. The number of hydrogen-bond donors (Lipinski definition) is 1. The first-order valence-corrected chi connectivity index (χ1v) is 6.36. The molecule has 0 aromatic heterocycles. The maximum atomic E-state index is 13.0. The lowest BCUT2D eigenvalue weighted by Gasteiger charge is -2.12. The Hall–Kier alpha value is -1.45. The summed E-state index contributed by atoms with van der Waals surface area (Å²) in [6.45, 7) is 0. The predicted octanol–water partition coefficient (Wildman–Crippen LogP) is 3.73. The molecule has 1 unspecified atom stereocenters. The normalized spacial score (nSPS) is 12.4. The van der Waals surface area contributed by atoms with E-state index < -0.39 is 5.82 Å². The van der Waals surface area contributed by atoms with E-state index in [1.807, 2.05) is 0 Å². The second-order valence-corrected chi connectivity index (χ2v) is 4.95. The average Bonchev–Trinajstić information content (AvgIpc) is 2.37. The zero-order valence-corrected chi connectivity index (χ0v) is 11.0. The van der Waals surface area contributed by atoms with E-state index in [1.54, 1.807) is 24.3 Å². The van der Waals surface area contributed by atoms with Gasteiger partial charge in [0.1, 0.15) is 11.6 Å². The van der Waals surface area contributed by atoms with E-state index >= 15 is 0 Å². The fourth-order valence-electron chi connectivity index (χ4n) is 1.96. The number of halogens is 3. The molecule has 2 aromatic rings. The number of hydrogen-bond acceptors (Lipinski definition) is 1. The van der Waals surface area contributed by atoms with Crippen molar-refractivity contribution in [1.29, 1.82) is 0 Å². The summed E-state index contributed by atoms with van der Waals surface area (Å²) in [5.41, 5.74) is 7.90. The van der Waals surface area contributed by atoms with Gasteiger partial charge in [-0.3, -0.25) is 0 Å². The molecule has 2 aromatic carbocycles. The molecule has 2 rings (SSSR count). The summed E-state index contributed by atoms with van der Waals surface area (Å²) in [5.74, 6) is -0.694. The van der Waals surface area contributed by atoms with E-state index in [0.717, 1.165) is 11.1 Å². The van der Waals surface area contributed by atoms with Gasteiger partial charge >= 0.3 is 0 Å². The van der Waals surface area contributed by atoms with Crippen molar-refractivity contribution in [2.45, 2.75) is 18.9 Å². The number of benzene rings is 2. The van der Waals surface area contributed by atoms with Gasteiger partial charge in [0.25, 0.3) is 0 Å². The first kappa shape index (κ1) is 14.0. The van der Waals surface area contributed by atoms with Crippen molar-refractivity contribution in [3.63, 3.8) is 0 Å². The Morgan fingerprint density at radius 2 is 1.53 bits per heavy atom. The molecule has 19 heavy (non-hydrogen) atoms. The molecule has 4 heteroatoms. The van der Waals surface area contributed by atoms with Crippen molar-refractivity contribution < 1.29 is 8.78 Å².